The molecule has 0 spiro atoms. The second-order valence-electron chi connectivity index (χ2n) is 4.54. The Kier molecular flexibility index (Phi) is 4.66. The van der Waals surface area contributed by atoms with Crippen LogP contribution in [0.4, 0.5) is 13.2 Å². The Morgan fingerprint density at radius 1 is 1.16 bits per heavy atom. The van der Waals surface area contributed by atoms with Crippen LogP contribution in [-0.2, 0) is 6.54 Å². The van der Waals surface area contributed by atoms with E-state index >= 15 is 0 Å². The van der Waals surface area contributed by atoms with Gasteiger partial charge in [-0.15, -0.1) is 13.2 Å². The second kappa shape index (κ2) is 6.25. The molecule has 0 saturated carbocycles. The summed E-state index contributed by atoms with van der Waals surface area (Å²) in [5, 5.41) is 3.26. The van der Waals surface area contributed by atoms with Gasteiger partial charge in [0, 0.05) is 25.2 Å². The number of halogens is 3. The molecule has 1 aromatic rings. The van der Waals surface area contributed by atoms with E-state index in [2.05, 4.69) is 15.0 Å². The van der Waals surface area contributed by atoms with Gasteiger partial charge in [-0.05, 0) is 25.6 Å². The number of hydrogen-bond donors (Lipinski definition) is 1. The summed E-state index contributed by atoms with van der Waals surface area (Å²) in [6, 6.07) is 6.32. The van der Waals surface area contributed by atoms with Crippen molar-refractivity contribution in [2.45, 2.75) is 19.3 Å². The molecule has 0 radical (unpaired) electrons. The van der Waals surface area contributed by atoms with E-state index in [0.29, 0.717) is 12.1 Å². The van der Waals surface area contributed by atoms with Crippen LogP contribution in [0, 0.1) is 0 Å². The molecule has 0 bridgehead atoms. The van der Waals surface area contributed by atoms with E-state index in [4.69, 9.17) is 0 Å². The quantitative estimate of drug-likeness (QED) is 0.916. The average Bonchev–Trinajstić information content (AvgIpc) is 2.58. The van der Waals surface area contributed by atoms with Crippen LogP contribution in [0.3, 0.4) is 0 Å². The zero-order valence-electron chi connectivity index (χ0n) is 10.5. The third kappa shape index (κ3) is 4.72. The number of alkyl halides is 3. The Morgan fingerprint density at radius 3 is 2.74 bits per heavy atom. The smallest absolute Gasteiger partial charge is 0.405 e. The highest BCUT2D eigenvalue weighted by Gasteiger charge is 2.32. The summed E-state index contributed by atoms with van der Waals surface area (Å²) in [7, 11) is 0. The summed E-state index contributed by atoms with van der Waals surface area (Å²) in [6.45, 7) is 4.02. The molecule has 1 N–H and O–H groups in total. The van der Waals surface area contributed by atoms with E-state index in [-0.39, 0.29) is 5.75 Å². The molecule has 1 aromatic carbocycles. The molecule has 106 valence electrons. The van der Waals surface area contributed by atoms with Crippen molar-refractivity contribution in [1.29, 1.82) is 0 Å². The molecule has 1 fully saturated rings. The predicted molar refractivity (Wildman–Crippen MR) is 65.9 cm³/mol. The Hall–Kier alpha value is -1.27. The zero-order chi connectivity index (χ0) is 13.7. The average molecular weight is 274 g/mol. The monoisotopic (exact) mass is 274 g/mol. The Labute approximate surface area is 110 Å². The van der Waals surface area contributed by atoms with Crippen molar-refractivity contribution in [3.05, 3.63) is 29.8 Å². The van der Waals surface area contributed by atoms with Gasteiger partial charge in [-0.1, -0.05) is 18.2 Å². The van der Waals surface area contributed by atoms with E-state index in [0.717, 1.165) is 32.6 Å². The number of nitrogens with zero attached hydrogens (tertiary/aromatic N) is 1. The van der Waals surface area contributed by atoms with E-state index < -0.39 is 6.36 Å². The molecular weight excluding hydrogens is 257 g/mol. The molecule has 1 heterocycles. The van der Waals surface area contributed by atoms with Crippen LogP contribution in [0.2, 0.25) is 0 Å². The second-order valence-corrected chi connectivity index (χ2v) is 4.54. The molecular formula is C13H17F3N2O. The van der Waals surface area contributed by atoms with Crippen molar-refractivity contribution in [1.82, 2.24) is 10.2 Å². The van der Waals surface area contributed by atoms with Gasteiger partial charge >= 0.3 is 6.36 Å². The number of ether oxygens (including phenoxy) is 1. The molecule has 1 saturated heterocycles. The Morgan fingerprint density at radius 2 is 1.95 bits per heavy atom. The molecule has 1 aliphatic heterocycles. The molecule has 1 aliphatic rings. The molecule has 0 atom stereocenters. The maximum atomic E-state index is 12.3. The van der Waals surface area contributed by atoms with Gasteiger partial charge in [0.15, 0.2) is 0 Å². The minimum Gasteiger partial charge on any atom is -0.405 e. The van der Waals surface area contributed by atoms with Crippen molar-refractivity contribution in [3.8, 4) is 5.75 Å². The Balaban J connectivity index is 2.06. The SMILES string of the molecule is FC(F)(F)Oc1ccccc1CN1CCCNCC1. The van der Waals surface area contributed by atoms with Gasteiger partial charge in [-0.25, -0.2) is 0 Å². The zero-order valence-corrected chi connectivity index (χ0v) is 10.5. The summed E-state index contributed by atoms with van der Waals surface area (Å²) in [4.78, 5) is 2.14. The molecule has 3 nitrogen and oxygen atoms in total. The number of para-hydroxylation sites is 1. The highest BCUT2D eigenvalue weighted by molar-refractivity contribution is 5.33. The number of nitrogens with one attached hydrogen (secondary N) is 1. The van der Waals surface area contributed by atoms with Crippen molar-refractivity contribution < 1.29 is 17.9 Å². The van der Waals surface area contributed by atoms with Crippen LogP contribution in [0.15, 0.2) is 24.3 Å². The van der Waals surface area contributed by atoms with Crippen LogP contribution in [0.5, 0.6) is 5.75 Å². The van der Waals surface area contributed by atoms with E-state index in [9.17, 15) is 13.2 Å². The number of rotatable bonds is 3. The van der Waals surface area contributed by atoms with Gasteiger partial charge in [0.05, 0.1) is 0 Å². The van der Waals surface area contributed by atoms with Crippen molar-refractivity contribution in [2.75, 3.05) is 26.2 Å². The predicted octanol–water partition coefficient (Wildman–Crippen LogP) is 2.38. The van der Waals surface area contributed by atoms with Gasteiger partial charge in [0.1, 0.15) is 5.75 Å². The lowest BCUT2D eigenvalue weighted by molar-refractivity contribution is -0.275. The van der Waals surface area contributed by atoms with Gasteiger partial charge in [0.2, 0.25) is 0 Å². The van der Waals surface area contributed by atoms with Crippen molar-refractivity contribution in [2.24, 2.45) is 0 Å². The van der Waals surface area contributed by atoms with E-state index in [1.54, 1.807) is 18.2 Å². The van der Waals surface area contributed by atoms with E-state index in [1.807, 2.05) is 0 Å². The largest absolute Gasteiger partial charge is 0.573 e. The third-order valence-electron chi connectivity index (χ3n) is 3.02. The molecule has 2 rings (SSSR count). The fourth-order valence-electron chi connectivity index (χ4n) is 2.16. The first kappa shape index (κ1) is 14.1. The number of benzene rings is 1. The lowest BCUT2D eigenvalue weighted by Gasteiger charge is -2.21. The number of hydrogen-bond acceptors (Lipinski definition) is 3. The van der Waals surface area contributed by atoms with Crippen LogP contribution in [-0.4, -0.2) is 37.4 Å². The third-order valence-corrected chi connectivity index (χ3v) is 3.02. The highest BCUT2D eigenvalue weighted by atomic mass is 19.4. The van der Waals surface area contributed by atoms with E-state index in [1.165, 1.54) is 6.07 Å². The molecule has 0 aliphatic carbocycles. The molecule has 0 aromatic heterocycles. The van der Waals surface area contributed by atoms with Gasteiger partial charge in [0.25, 0.3) is 0 Å². The summed E-state index contributed by atoms with van der Waals surface area (Å²) in [6.07, 6.45) is -3.64. The van der Waals surface area contributed by atoms with Crippen LogP contribution >= 0.6 is 0 Å². The lowest BCUT2D eigenvalue weighted by Crippen LogP contribution is -2.28. The summed E-state index contributed by atoms with van der Waals surface area (Å²) in [5.41, 5.74) is 0.571. The van der Waals surface area contributed by atoms with Crippen LogP contribution < -0.4 is 10.1 Å². The van der Waals surface area contributed by atoms with Crippen LogP contribution in [0.1, 0.15) is 12.0 Å². The fraction of sp³-hybridized carbons (Fsp3) is 0.538. The minimum atomic E-state index is -4.64. The standard InChI is InChI=1S/C13H17F3N2O/c14-13(15,16)19-12-5-2-1-4-11(12)10-18-8-3-6-17-7-9-18/h1-2,4-5,17H,3,6-10H2. The highest BCUT2D eigenvalue weighted by Crippen LogP contribution is 2.27. The Bertz CT molecular complexity index is 401. The van der Waals surface area contributed by atoms with Gasteiger partial charge < -0.3 is 10.1 Å². The summed E-state index contributed by atoms with van der Waals surface area (Å²) in [5.74, 6) is -0.104. The van der Waals surface area contributed by atoms with Crippen molar-refractivity contribution in [3.63, 3.8) is 0 Å². The fourth-order valence-corrected chi connectivity index (χ4v) is 2.16. The van der Waals surface area contributed by atoms with Gasteiger partial charge in [-0.2, -0.15) is 0 Å². The topological polar surface area (TPSA) is 24.5 Å². The van der Waals surface area contributed by atoms with Gasteiger partial charge in [-0.3, -0.25) is 4.90 Å². The first-order chi connectivity index (χ1) is 9.04. The first-order valence-corrected chi connectivity index (χ1v) is 6.31. The maximum absolute atomic E-state index is 12.3. The summed E-state index contributed by atoms with van der Waals surface area (Å²) < 4.78 is 41.0. The molecule has 0 amide bonds. The first-order valence-electron chi connectivity index (χ1n) is 6.31. The molecule has 0 unspecified atom stereocenters. The molecule has 19 heavy (non-hydrogen) atoms. The maximum Gasteiger partial charge on any atom is 0.573 e. The summed E-state index contributed by atoms with van der Waals surface area (Å²) >= 11 is 0. The van der Waals surface area contributed by atoms with Crippen LogP contribution in [0.25, 0.3) is 0 Å². The normalized spacial score (nSPS) is 18.1. The minimum absolute atomic E-state index is 0.104. The molecule has 6 heteroatoms. The lowest BCUT2D eigenvalue weighted by atomic mass is 10.2. The van der Waals surface area contributed by atoms with Crippen molar-refractivity contribution >= 4 is 0 Å².